The summed E-state index contributed by atoms with van der Waals surface area (Å²) in [5, 5.41) is 2.10. The van der Waals surface area contributed by atoms with Gasteiger partial charge in [-0.25, -0.2) is 4.39 Å². The van der Waals surface area contributed by atoms with Crippen LogP contribution in [-0.4, -0.2) is 18.2 Å². The summed E-state index contributed by atoms with van der Waals surface area (Å²) in [5.41, 5.74) is 5.34. The summed E-state index contributed by atoms with van der Waals surface area (Å²) in [5.74, 6) is 0. The van der Waals surface area contributed by atoms with Crippen molar-refractivity contribution in [1.82, 2.24) is 4.98 Å². The Bertz CT molecular complexity index is 369. The van der Waals surface area contributed by atoms with Gasteiger partial charge in [-0.2, -0.15) is 0 Å². The molecule has 0 spiro atoms. The minimum absolute atomic E-state index is 0.513. The van der Waals surface area contributed by atoms with Crippen molar-refractivity contribution in [3.63, 3.8) is 0 Å². The molecule has 13 heavy (non-hydrogen) atoms. The van der Waals surface area contributed by atoms with Crippen molar-refractivity contribution in [2.45, 2.75) is 6.42 Å². The summed E-state index contributed by atoms with van der Waals surface area (Å²) >= 11 is 5.82. The molecule has 0 aliphatic carbocycles. The number of aromatic nitrogens is 1. The van der Waals surface area contributed by atoms with Crippen LogP contribution in [0.4, 0.5) is 4.39 Å². The van der Waals surface area contributed by atoms with Gasteiger partial charge in [-0.1, -0.05) is 17.7 Å². The molecule has 0 amide bonds. The van der Waals surface area contributed by atoms with Crippen LogP contribution in [0.1, 0.15) is 6.42 Å². The first-order valence-corrected chi connectivity index (χ1v) is 4.46. The van der Waals surface area contributed by atoms with Gasteiger partial charge in [0, 0.05) is 16.8 Å². The van der Waals surface area contributed by atoms with E-state index >= 15 is 0 Å². The van der Waals surface area contributed by atoms with Crippen molar-refractivity contribution in [3.8, 4) is 0 Å². The first-order chi connectivity index (χ1) is 6.29. The van der Waals surface area contributed by atoms with E-state index in [9.17, 15) is 4.39 Å². The molecule has 0 saturated carbocycles. The largest absolute Gasteiger partial charge is 0.360 e. The third kappa shape index (κ3) is 2.57. The standard InChI is InChI=1S/C9H12ClFN2/c10-8-6-13-9(2-1-5-12)7(8)3-4-11/h2-3,6,13H,1,4-5,12H2. The molecule has 0 bridgehead atoms. The van der Waals surface area contributed by atoms with E-state index < -0.39 is 6.67 Å². The number of halogens is 2. The molecule has 0 fully saturated rings. The minimum atomic E-state index is -0.513. The van der Waals surface area contributed by atoms with Crippen LogP contribution in [0.15, 0.2) is 6.20 Å². The lowest BCUT2D eigenvalue weighted by Gasteiger charge is -1.84. The van der Waals surface area contributed by atoms with Gasteiger partial charge in [-0.05, 0) is 19.0 Å². The monoisotopic (exact) mass is 202 g/mol. The van der Waals surface area contributed by atoms with E-state index in [1.165, 1.54) is 6.08 Å². The highest BCUT2D eigenvalue weighted by atomic mass is 35.5. The Labute approximate surface area is 80.9 Å². The zero-order chi connectivity index (χ0) is 9.68. The number of hydrogen-bond donors (Lipinski definition) is 2. The zero-order valence-corrected chi connectivity index (χ0v) is 7.94. The second kappa shape index (κ2) is 5.04. The predicted molar refractivity (Wildman–Crippen MR) is 53.6 cm³/mol. The molecule has 3 N–H and O–H groups in total. The lowest BCUT2D eigenvalue weighted by Crippen LogP contribution is -2.23. The molecule has 1 aromatic heterocycles. The number of alkyl halides is 1. The Morgan fingerprint density at radius 1 is 1.54 bits per heavy atom. The summed E-state index contributed by atoms with van der Waals surface area (Å²) in [4.78, 5) is 2.95. The minimum Gasteiger partial charge on any atom is -0.360 e. The quantitative estimate of drug-likeness (QED) is 0.739. The van der Waals surface area contributed by atoms with Gasteiger partial charge in [0.05, 0.1) is 5.02 Å². The molecular weight excluding hydrogens is 191 g/mol. The molecule has 1 aromatic rings. The average molecular weight is 203 g/mol. The zero-order valence-electron chi connectivity index (χ0n) is 7.19. The van der Waals surface area contributed by atoms with E-state index in [-0.39, 0.29) is 0 Å². The van der Waals surface area contributed by atoms with Gasteiger partial charge in [0.15, 0.2) is 0 Å². The Kier molecular flexibility index (Phi) is 3.99. The normalized spacial score (nSPS) is 14.1. The van der Waals surface area contributed by atoms with E-state index in [1.807, 2.05) is 6.08 Å². The van der Waals surface area contributed by atoms with Crippen molar-refractivity contribution in [2.75, 3.05) is 13.2 Å². The van der Waals surface area contributed by atoms with Crippen LogP contribution in [0.25, 0.3) is 12.2 Å². The van der Waals surface area contributed by atoms with E-state index in [4.69, 9.17) is 17.3 Å². The molecule has 0 aliphatic heterocycles. The maximum Gasteiger partial charge on any atom is 0.109 e. The summed E-state index contributed by atoms with van der Waals surface area (Å²) in [6.07, 6.45) is 5.75. The van der Waals surface area contributed by atoms with Gasteiger partial charge in [0.2, 0.25) is 0 Å². The fourth-order valence-electron chi connectivity index (χ4n) is 1.11. The Morgan fingerprint density at radius 3 is 2.92 bits per heavy atom. The fourth-order valence-corrected chi connectivity index (χ4v) is 1.34. The third-order valence-electron chi connectivity index (χ3n) is 1.70. The van der Waals surface area contributed by atoms with Crippen LogP contribution < -0.4 is 16.3 Å². The van der Waals surface area contributed by atoms with Crippen LogP contribution >= 0.6 is 11.6 Å². The summed E-state index contributed by atoms with van der Waals surface area (Å²) in [7, 11) is 0. The highest BCUT2D eigenvalue weighted by Gasteiger charge is 1.93. The summed E-state index contributed by atoms with van der Waals surface area (Å²) in [6, 6.07) is 0. The number of nitrogens with one attached hydrogen (secondary N) is 1. The van der Waals surface area contributed by atoms with Crippen LogP contribution in [0.5, 0.6) is 0 Å². The number of nitrogens with two attached hydrogens (primary N) is 1. The maximum absolute atomic E-state index is 12.1. The fraction of sp³-hybridized carbons (Fsp3) is 0.333. The molecule has 72 valence electrons. The van der Waals surface area contributed by atoms with Crippen molar-refractivity contribution in [1.29, 1.82) is 0 Å². The maximum atomic E-state index is 12.1. The molecular formula is C9H12ClFN2. The Morgan fingerprint density at radius 2 is 2.31 bits per heavy atom. The molecule has 0 aliphatic rings. The SMILES string of the molecule is NCCC=c1[nH]cc(Cl)c1=CCF. The van der Waals surface area contributed by atoms with Gasteiger partial charge in [-0.3, -0.25) is 0 Å². The number of hydrogen-bond acceptors (Lipinski definition) is 1. The molecule has 0 aromatic carbocycles. The second-order valence-electron chi connectivity index (χ2n) is 2.60. The Balaban J connectivity index is 3.15. The van der Waals surface area contributed by atoms with Gasteiger partial charge < -0.3 is 10.7 Å². The van der Waals surface area contributed by atoms with E-state index in [0.717, 1.165) is 17.0 Å². The molecule has 2 nitrogen and oxygen atoms in total. The van der Waals surface area contributed by atoms with Crippen LogP contribution in [0, 0.1) is 0 Å². The molecule has 0 saturated heterocycles. The first-order valence-electron chi connectivity index (χ1n) is 4.09. The molecule has 1 heterocycles. The number of H-pyrrole nitrogens is 1. The smallest absolute Gasteiger partial charge is 0.109 e. The van der Waals surface area contributed by atoms with Gasteiger partial charge in [-0.15, -0.1) is 0 Å². The summed E-state index contributed by atoms with van der Waals surface area (Å²) in [6.45, 7) is 0.0622. The topological polar surface area (TPSA) is 41.8 Å². The molecule has 1 rings (SSSR count). The van der Waals surface area contributed by atoms with E-state index in [1.54, 1.807) is 6.20 Å². The predicted octanol–water partition coefficient (Wildman–Crippen LogP) is 0.547. The highest BCUT2D eigenvalue weighted by molar-refractivity contribution is 6.30. The average Bonchev–Trinajstić information content (AvgIpc) is 2.46. The summed E-state index contributed by atoms with van der Waals surface area (Å²) < 4.78 is 12.1. The van der Waals surface area contributed by atoms with Gasteiger partial charge >= 0.3 is 0 Å². The van der Waals surface area contributed by atoms with Gasteiger partial charge in [0.25, 0.3) is 0 Å². The molecule has 4 heteroatoms. The molecule has 0 atom stereocenters. The van der Waals surface area contributed by atoms with Crippen LogP contribution in [-0.2, 0) is 0 Å². The van der Waals surface area contributed by atoms with Crippen molar-refractivity contribution >= 4 is 23.8 Å². The van der Waals surface area contributed by atoms with E-state index in [2.05, 4.69) is 4.98 Å². The van der Waals surface area contributed by atoms with Crippen LogP contribution in [0.3, 0.4) is 0 Å². The first kappa shape index (κ1) is 10.3. The van der Waals surface area contributed by atoms with Crippen molar-refractivity contribution < 1.29 is 4.39 Å². The van der Waals surface area contributed by atoms with Crippen LogP contribution in [0.2, 0.25) is 5.02 Å². The highest BCUT2D eigenvalue weighted by Crippen LogP contribution is 1.94. The van der Waals surface area contributed by atoms with E-state index in [0.29, 0.717) is 11.6 Å². The van der Waals surface area contributed by atoms with Gasteiger partial charge in [0.1, 0.15) is 6.67 Å². The Hall–Kier alpha value is -0.800. The number of rotatable bonds is 3. The van der Waals surface area contributed by atoms with Crippen molar-refractivity contribution in [3.05, 3.63) is 21.8 Å². The van der Waals surface area contributed by atoms with Crippen molar-refractivity contribution in [2.24, 2.45) is 5.73 Å². The molecule has 0 radical (unpaired) electrons. The second-order valence-corrected chi connectivity index (χ2v) is 3.01. The number of aromatic amines is 1. The third-order valence-corrected chi connectivity index (χ3v) is 2.01. The molecule has 0 unspecified atom stereocenters. The lowest BCUT2D eigenvalue weighted by molar-refractivity contribution is 0.578. The lowest BCUT2D eigenvalue weighted by atomic mass is 10.3.